The van der Waals surface area contributed by atoms with E-state index in [2.05, 4.69) is 15.1 Å². The van der Waals surface area contributed by atoms with E-state index in [0.29, 0.717) is 18.5 Å². The number of hydrogen-bond donors (Lipinski definition) is 3. The van der Waals surface area contributed by atoms with Gasteiger partial charge in [-0.1, -0.05) is 20.8 Å². The number of ether oxygens (including phenoxy) is 1. The third-order valence-electron chi connectivity index (χ3n) is 5.16. The summed E-state index contributed by atoms with van der Waals surface area (Å²) >= 11 is 0. The first kappa shape index (κ1) is 25.3. The zero-order valence-electron chi connectivity index (χ0n) is 19.1. The number of rotatable bonds is 10. The standard InChI is InChI=1S/C21H30N4O6S/c1-7-12(3)19(26)22-15-9-10-16(17(11-15)32(29,30)24-13(4)8-2)31-20-14(5)18(21(27)28)23-25(20)6/h9-13,24H,7-8H2,1-6H3,(H,22,26)(H,27,28)/t12-,13+/m1/s1. The molecule has 0 saturated heterocycles. The number of amides is 1. The molecule has 0 spiro atoms. The third-order valence-corrected chi connectivity index (χ3v) is 6.77. The Kier molecular flexibility index (Phi) is 8.02. The largest absolute Gasteiger partial charge is 0.476 e. The van der Waals surface area contributed by atoms with E-state index in [1.165, 1.54) is 36.9 Å². The summed E-state index contributed by atoms with van der Waals surface area (Å²) in [7, 11) is -2.51. The summed E-state index contributed by atoms with van der Waals surface area (Å²) in [4.78, 5) is 23.5. The second kappa shape index (κ2) is 10.1. The Morgan fingerprint density at radius 1 is 1.22 bits per heavy atom. The van der Waals surface area contributed by atoms with Gasteiger partial charge in [-0.3, -0.25) is 4.79 Å². The fraction of sp³-hybridized carbons (Fsp3) is 0.476. The number of carboxylic acid groups (broad SMARTS) is 1. The van der Waals surface area contributed by atoms with Gasteiger partial charge in [0.15, 0.2) is 5.69 Å². The Bertz CT molecular complexity index is 1110. The molecule has 0 unspecified atom stereocenters. The molecule has 0 radical (unpaired) electrons. The third kappa shape index (κ3) is 5.65. The molecular formula is C21H30N4O6S. The molecule has 1 aromatic heterocycles. The van der Waals surface area contributed by atoms with Gasteiger partial charge in [0, 0.05) is 30.3 Å². The van der Waals surface area contributed by atoms with Gasteiger partial charge in [0.25, 0.3) is 0 Å². The molecule has 1 aromatic carbocycles. The topological polar surface area (TPSA) is 140 Å². The highest BCUT2D eigenvalue weighted by Crippen LogP contribution is 2.34. The van der Waals surface area contributed by atoms with E-state index in [9.17, 15) is 23.1 Å². The second-order valence-corrected chi connectivity index (χ2v) is 9.38. The lowest BCUT2D eigenvalue weighted by atomic mass is 10.1. The Morgan fingerprint density at radius 3 is 2.41 bits per heavy atom. The number of carbonyl (C=O) groups excluding carboxylic acids is 1. The minimum atomic E-state index is -4.01. The lowest BCUT2D eigenvalue weighted by molar-refractivity contribution is -0.119. The Hall–Kier alpha value is -2.92. The molecule has 0 bridgehead atoms. The molecule has 0 aliphatic rings. The smallest absolute Gasteiger partial charge is 0.356 e. The summed E-state index contributed by atoms with van der Waals surface area (Å²) in [5, 5.41) is 15.9. The maximum atomic E-state index is 13.1. The van der Waals surface area contributed by atoms with Gasteiger partial charge in [0.05, 0.1) is 0 Å². The maximum absolute atomic E-state index is 13.1. The van der Waals surface area contributed by atoms with Crippen molar-refractivity contribution in [3.8, 4) is 11.6 Å². The quantitative estimate of drug-likeness (QED) is 0.488. The highest BCUT2D eigenvalue weighted by molar-refractivity contribution is 7.89. The van der Waals surface area contributed by atoms with Crippen molar-refractivity contribution in [2.75, 3.05) is 5.32 Å². The molecule has 32 heavy (non-hydrogen) atoms. The van der Waals surface area contributed by atoms with Gasteiger partial charge in [-0.2, -0.15) is 5.10 Å². The van der Waals surface area contributed by atoms with Crippen LogP contribution in [-0.4, -0.2) is 41.2 Å². The first-order chi connectivity index (χ1) is 14.9. The van der Waals surface area contributed by atoms with Crippen LogP contribution in [0.5, 0.6) is 11.6 Å². The molecule has 2 aromatic rings. The number of nitrogens with one attached hydrogen (secondary N) is 2. The molecule has 3 N–H and O–H groups in total. The van der Waals surface area contributed by atoms with Crippen LogP contribution in [0.1, 0.15) is 56.6 Å². The summed E-state index contributed by atoms with van der Waals surface area (Å²) in [5.74, 6) is -1.62. The minimum Gasteiger partial charge on any atom is -0.476 e. The zero-order valence-corrected chi connectivity index (χ0v) is 19.9. The van der Waals surface area contributed by atoms with Gasteiger partial charge < -0.3 is 15.2 Å². The average molecular weight is 467 g/mol. The Labute approximate surface area is 188 Å². The fourth-order valence-corrected chi connectivity index (χ4v) is 4.29. The molecule has 0 saturated carbocycles. The number of carbonyl (C=O) groups is 2. The number of anilines is 1. The van der Waals surface area contributed by atoms with Crippen molar-refractivity contribution in [2.45, 2.75) is 58.4 Å². The Balaban J connectivity index is 2.55. The second-order valence-electron chi connectivity index (χ2n) is 7.70. The number of hydrogen-bond acceptors (Lipinski definition) is 6. The SMILES string of the molecule is CC[C@@H](C)C(=O)Nc1ccc(Oc2c(C)c(C(=O)O)nn2C)c(S(=O)(=O)N[C@@H](C)CC)c1. The van der Waals surface area contributed by atoms with Crippen LogP contribution < -0.4 is 14.8 Å². The highest BCUT2D eigenvalue weighted by atomic mass is 32.2. The van der Waals surface area contributed by atoms with Gasteiger partial charge in [0.1, 0.15) is 10.6 Å². The fourth-order valence-electron chi connectivity index (χ4n) is 2.81. The van der Waals surface area contributed by atoms with Gasteiger partial charge in [-0.05, 0) is 44.9 Å². The number of aromatic carboxylic acids is 1. The molecule has 0 aliphatic carbocycles. The van der Waals surface area contributed by atoms with Crippen molar-refractivity contribution >= 4 is 27.6 Å². The molecule has 11 heteroatoms. The lowest BCUT2D eigenvalue weighted by Gasteiger charge is -2.17. The molecular weight excluding hydrogens is 436 g/mol. The predicted octanol–water partition coefficient (Wildman–Crippen LogP) is 3.28. The molecule has 1 heterocycles. The molecule has 2 atom stereocenters. The van der Waals surface area contributed by atoms with Crippen molar-refractivity contribution in [2.24, 2.45) is 13.0 Å². The van der Waals surface area contributed by atoms with E-state index in [0.717, 1.165) is 0 Å². The number of carboxylic acids is 1. The van der Waals surface area contributed by atoms with Crippen molar-refractivity contribution in [1.82, 2.24) is 14.5 Å². The molecule has 176 valence electrons. The van der Waals surface area contributed by atoms with Crippen LogP contribution in [0.4, 0.5) is 5.69 Å². The molecule has 1 amide bonds. The summed E-state index contributed by atoms with van der Waals surface area (Å²) in [6.07, 6.45) is 1.21. The average Bonchev–Trinajstić information content (AvgIpc) is 3.02. The van der Waals surface area contributed by atoms with Crippen LogP contribution in [0.25, 0.3) is 0 Å². The van der Waals surface area contributed by atoms with Crippen molar-refractivity contribution in [3.05, 3.63) is 29.5 Å². The summed E-state index contributed by atoms with van der Waals surface area (Å²) in [6, 6.07) is 3.94. The summed E-state index contributed by atoms with van der Waals surface area (Å²) in [5.41, 5.74) is 0.370. The maximum Gasteiger partial charge on any atom is 0.356 e. The first-order valence-electron chi connectivity index (χ1n) is 10.3. The van der Waals surface area contributed by atoms with E-state index in [4.69, 9.17) is 4.74 Å². The van der Waals surface area contributed by atoms with E-state index in [-0.39, 0.29) is 45.6 Å². The van der Waals surface area contributed by atoms with Gasteiger partial charge >= 0.3 is 5.97 Å². The molecule has 2 rings (SSSR count). The van der Waals surface area contributed by atoms with Gasteiger partial charge in [0.2, 0.25) is 21.8 Å². The number of aryl methyl sites for hydroxylation is 1. The van der Waals surface area contributed by atoms with Gasteiger partial charge in [-0.15, -0.1) is 0 Å². The number of benzene rings is 1. The molecule has 10 nitrogen and oxygen atoms in total. The number of aromatic nitrogens is 2. The zero-order chi connectivity index (χ0) is 24.2. The van der Waals surface area contributed by atoms with Crippen LogP contribution in [0.15, 0.2) is 23.1 Å². The monoisotopic (exact) mass is 466 g/mol. The number of sulfonamides is 1. The van der Waals surface area contributed by atoms with Crippen LogP contribution >= 0.6 is 0 Å². The highest BCUT2D eigenvalue weighted by Gasteiger charge is 2.26. The summed E-state index contributed by atoms with van der Waals surface area (Å²) < 4.78 is 35.9. The summed E-state index contributed by atoms with van der Waals surface area (Å²) in [6.45, 7) is 8.77. The van der Waals surface area contributed by atoms with E-state index < -0.39 is 16.0 Å². The predicted molar refractivity (Wildman–Crippen MR) is 120 cm³/mol. The van der Waals surface area contributed by atoms with Crippen LogP contribution in [0.3, 0.4) is 0 Å². The van der Waals surface area contributed by atoms with Crippen LogP contribution in [-0.2, 0) is 21.9 Å². The van der Waals surface area contributed by atoms with Crippen molar-refractivity contribution < 1.29 is 27.9 Å². The molecule has 0 aliphatic heterocycles. The molecule has 0 fully saturated rings. The van der Waals surface area contributed by atoms with Crippen LogP contribution in [0.2, 0.25) is 0 Å². The van der Waals surface area contributed by atoms with E-state index >= 15 is 0 Å². The number of nitrogens with zero attached hydrogens (tertiary/aromatic N) is 2. The minimum absolute atomic E-state index is 0.0228. The van der Waals surface area contributed by atoms with E-state index in [1.807, 2.05) is 13.8 Å². The normalized spacial score (nSPS) is 13.4. The van der Waals surface area contributed by atoms with E-state index in [1.54, 1.807) is 13.8 Å². The first-order valence-corrected chi connectivity index (χ1v) is 11.8. The lowest BCUT2D eigenvalue weighted by Crippen LogP contribution is -2.32. The van der Waals surface area contributed by atoms with Crippen LogP contribution in [0, 0.1) is 12.8 Å². The Morgan fingerprint density at radius 2 is 1.88 bits per heavy atom. The van der Waals surface area contributed by atoms with Gasteiger partial charge in [-0.25, -0.2) is 22.6 Å². The van der Waals surface area contributed by atoms with Crippen molar-refractivity contribution in [1.29, 1.82) is 0 Å². The van der Waals surface area contributed by atoms with Crippen molar-refractivity contribution in [3.63, 3.8) is 0 Å².